The molecule has 3 aromatic rings. The molecule has 3 rings (SSSR count). The van der Waals surface area contributed by atoms with E-state index in [0.29, 0.717) is 10.8 Å². The van der Waals surface area contributed by atoms with Gasteiger partial charge in [-0.05, 0) is 67.9 Å². The van der Waals surface area contributed by atoms with Crippen LogP contribution >= 0.6 is 11.6 Å². The fraction of sp³-hybridized carbons (Fsp3) is 0.259. The summed E-state index contributed by atoms with van der Waals surface area (Å²) in [5.74, 6) is -0.266. The fourth-order valence-electron chi connectivity index (χ4n) is 3.69. The molecule has 0 aliphatic rings. The van der Waals surface area contributed by atoms with Crippen LogP contribution in [0.2, 0.25) is 5.02 Å². The molecule has 8 nitrogen and oxygen atoms in total. The number of halogens is 1. The number of hydrogen-bond acceptors (Lipinski definition) is 5. The van der Waals surface area contributed by atoms with Crippen molar-refractivity contribution < 1.29 is 22.7 Å². The molecule has 0 aliphatic heterocycles. The molecule has 196 valence electrons. The number of carbonyl (C=O) groups excluding carboxylic acids is 2. The van der Waals surface area contributed by atoms with Gasteiger partial charge in [-0.1, -0.05) is 41.4 Å². The normalized spacial score (nSPS) is 11.9. The first-order valence-electron chi connectivity index (χ1n) is 11.6. The van der Waals surface area contributed by atoms with Crippen LogP contribution < -0.4 is 14.4 Å². The largest absolute Gasteiger partial charge is 0.497 e. The van der Waals surface area contributed by atoms with Gasteiger partial charge in [0, 0.05) is 18.6 Å². The molecule has 10 heteroatoms. The van der Waals surface area contributed by atoms with Crippen LogP contribution in [0, 0.1) is 6.92 Å². The number of likely N-dealkylation sites (N-methyl/N-ethyl adjacent to an activating group) is 1. The summed E-state index contributed by atoms with van der Waals surface area (Å²) in [6.07, 6.45) is 0. The maximum absolute atomic E-state index is 13.7. The minimum absolute atomic E-state index is 0.0434. The highest BCUT2D eigenvalue weighted by molar-refractivity contribution is 7.92. The molecule has 0 fully saturated rings. The third kappa shape index (κ3) is 6.81. The number of rotatable bonds is 10. The van der Waals surface area contributed by atoms with Crippen LogP contribution in [0.4, 0.5) is 5.69 Å². The summed E-state index contributed by atoms with van der Waals surface area (Å²) in [6.45, 7) is 3.03. The topological polar surface area (TPSA) is 96.0 Å². The minimum Gasteiger partial charge on any atom is -0.497 e. The number of methoxy groups -OCH3 is 1. The Labute approximate surface area is 222 Å². The molecule has 0 bridgehead atoms. The van der Waals surface area contributed by atoms with E-state index in [4.69, 9.17) is 16.3 Å². The summed E-state index contributed by atoms with van der Waals surface area (Å²) in [5, 5.41) is 2.99. The number of carbonyl (C=O) groups is 2. The second kappa shape index (κ2) is 12.1. The molecule has 0 radical (unpaired) electrons. The Kier molecular flexibility index (Phi) is 9.18. The average molecular weight is 544 g/mol. The van der Waals surface area contributed by atoms with Gasteiger partial charge in [-0.25, -0.2) is 8.42 Å². The number of benzene rings is 3. The van der Waals surface area contributed by atoms with E-state index in [1.807, 2.05) is 6.92 Å². The van der Waals surface area contributed by atoms with Gasteiger partial charge in [-0.3, -0.25) is 13.9 Å². The van der Waals surface area contributed by atoms with Crippen molar-refractivity contribution in [3.05, 3.63) is 88.9 Å². The summed E-state index contributed by atoms with van der Waals surface area (Å²) in [4.78, 5) is 27.6. The maximum atomic E-state index is 13.7. The Morgan fingerprint density at radius 1 is 0.973 bits per heavy atom. The lowest BCUT2D eigenvalue weighted by Gasteiger charge is -2.31. The first-order valence-corrected chi connectivity index (χ1v) is 13.4. The van der Waals surface area contributed by atoms with E-state index in [9.17, 15) is 18.0 Å². The highest BCUT2D eigenvalue weighted by Crippen LogP contribution is 2.26. The van der Waals surface area contributed by atoms with Gasteiger partial charge in [0.15, 0.2) is 0 Å². The van der Waals surface area contributed by atoms with Crippen LogP contribution in [0.15, 0.2) is 77.7 Å². The Bertz CT molecular complexity index is 1330. The van der Waals surface area contributed by atoms with Crippen LogP contribution in [-0.4, -0.2) is 51.9 Å². The second-order valence-corrected chi connectivity index (χ2v) is 10.8. The zero-order chi connectivity index (χ0) is 27.2. The molecule has 0 heterocycles. The first kappa shape index (κ1) is 28.0. The van der Waals surface area contributed by atoms with Crippen molar-refractivity contribution in [2.24, 2.45) is 0 Å². The van der Waals surface area contributed by atoms with Gasteiger partial charge in [0.2, 0.25) is 11.8 Å². The number of nitrogens with one attached hydrogen (secondary N) is 1. The Balaban J connectivity index is 2.00. The van der Waals surface area contributed by atoms with E-state index >= 15 is 0 Å². The van der Waals surface area contributed by atoms with E-state index < -0.39 is 28.5 Å². The van der Waals surface area contributed by atoms with E-state index in [2.05, 4.69) is 5.32 Å². The number of hydrogen-bond donors (Lipinski definition) is 1. The summed E-state index contributed by atoms with van der Waals surface area (Å²) in [7, 11) is -1.08. The average Bonchev–Trinajstić information content (AvgIpc) is 2.90. The van der Waals surface area contributed by atoms with Crippen molar-refractivity contribution in [2.45, 2.75) is 31.3 Å². The predicted molar refractivity (Wildman–Crippen MR) is 144 cm³/mol. The lowest BCUT2D eigenvalue weighted by Crippen LogP contribution is -2.50. The molecule has 0 saturated carbocycles. The second-order valence-electron chi connectivity index (χ2n) is 8.46. The summed E-state index contributed by atoms with van der Waals surface area (Å²) >= 11 is 6.03. The van der Waals surface area contributed by atoms with E-state index in [0.717, 1.165) is 15.4 Å². The van der Waals surface area contributed by atoms with Crippen molar-refractivity contribution in [1.82, 2.24) is 10.2 Å². The van der Waals surface area contributed by atoms with Gasteiger partial charge < -0.3 is 15.0 Å². The quantitative estimate of drug-likeness (QED) is 0.417. The van der Waals surface area contributed by atoms with Crippen LogP contribution in [0.25, 0.3) is 0 Å². The Morgan fingerprint density at radius 2 is 1.57 bits per heavy atom. The Morgan fingerprint density at radius 3 is 2.11 bits per heavy atom. The zero-order valence-electron chi connectivity index (χ0n) is 21.1. The molecule has 2 amide bonds. The van der Waals surface area contributed by atoms with Gasteiger partial charge in [0.05, 0.1) is 17.7 Å². The third-order valence-electron chi connectivity index (χ3n) is 5.93. The molecular formula is C27H30ClN3O5S. The van der Waals surface area contributed by atoms with Crippen molar-refractivity contribution in [3.63, 3.8) is 0 Å². The highest BCUT2D eigenvalue weighted by Gasteiger charge is 2.32. The molecule has 0 aliphatic carbocycles. The van der Waals surface area contributed by atoms with Crippen LogP contribution in [0.5, 0.6) is 5.75 Å². The number of sulfonamides is 1. The van der Waals surface area contributed by atoms with E-state index in [-0.39, 0.29) is 23.0 Å². The van der Waals surface area contributed by atoms with Gasteiger partial charge in [0.25, 0.3) is 10.0 Å². The van der Waals surface area contributed by atoms with Crippen LogP contribution in [-0.2, 0) is 26.2 Å². The molecule has 0 unspecified atom stereocenters. The molecule has 1 atom stereocenters. The molecule has 3 aromatic carbocycles. The van der Waals surface area contributed by atoms with Crippen LogP contribution in [0.3, 0.4) is 0 Å². The molecule has 1 N–H and O–H groups in total. The maximum Gasteiger partial charge on any atom is 0.264 e. The number of ether oxygens (including phenoxy) is 1. The van der Waals surface area contributed by atoms with Crippen molar-refractivity contribution in [1.29, 1.82) is 0 Å². The van der Waals surface area contributed by atoms with E-state index in [1.165, 1.54) is 36.2 Å². The predicted octanol–water partition coefficient (Wildman–Crippen LogP) is 4.02. The molecule has 0 aromatic heterocycles. The zero-order valence-corrected chi connectivity index (χ0v) is 22.7. The first-order chi connectivity index (χ1) is 17.6. The summed E-state index contributed by atoms with van der Waals surface area (Å²) in [5.41, 5.74) is 1.93. The Hall–Kier alpha value is -3.56. The lowest BCUT2D eigenvalue weighted by molar-refractivity contribution is -0.139. The number of amides is 2. The number of anilines is 1. The van der Waals surface area contributed by atoms with Gasteiger partial charge in [-0.2, -0.15) is 0 Å². The number of aryl methyl sites for hydroxylation is 1. The SMILES string of the molecule is CNC(=O)[C@@H](C)N(Cc1ccc(OC)cc1)C(=O)CN(c1ccc(Cl)cc1)S(=O)(=O)c1ccc(C)cc1. The molecule has 0 saturated heterocycles. The van der Waals surface area contributed by atoms with Gasteiger partial charge in [-0.15, -0.1) is 0 Å². The standard InChI is InChI=1S/C27H30ClN3O5S/c1-19-5-15-25(16-6-19)37(34,35)31(23-11-9-22(28)10-12-23)18-26(32)30(20(2)27(33)29-3)17-21-7-13-24(36-4)14-8-21/h5-16,20H,17-18H2,1-4H3,(H,29,33)/t20-/m1/s1. The molecule has 37 heavy (non-hydrogen) atoms. The van der Waals surface area contributed by atoms with E-state index in [1.54, 1.807) is 62.6 Å². The van der Waals surface area contributed by atoms with Crippen LogP contribution in [0.1, 0.15) is 18.1 Å². The van der Waals surface area contributed by atoms with Gasteiger partial charge >= 0.3 is 0 Å². The highest BCUT2D eigenvalue weighted by atomic mass is 35.5. The smallest absolute Gasteiger partial charge is 0.264 e. The fourth-order valence-corrected chi connectivity index (χ4v) is 5.23. The van der Waals surface area contributed by atoms with Crippen molar-refractivity contribution in [2.75, 3.05) is 25.0 Å². The summed E-state index contributed by atoms with van der Waals surface area (Å²) in [6, 6.07) is 18.8. The monoisotopic (exact) mass is 543 g/mol. The minimum atomic E-state index is -4.12. The summed E-state index contributed by atoms with van der Waals surface area (Å²) < 4.78 is 33.6. The molecule has 0 spiro atoms. The molecular weight excluding hydrogens is 514 g/mol. The van der Waals surface area contributed by atoms with Crippen molar-refractivity contribution >= 4 is 39.1 Å². The van der Waals surface area contributed by atoms with Gasteiger partial charge in [0.1, 0.15) is 18.3 Å². The third-order valence-corrected chi connectivity index (χ3v) is 7.97. The number of nitrogens with zero attached hydrogens (tertiary/aromatic N) is 2. The van der Waals surface area contributed by atoms with Crippen molar-refractivity contribution in [3.8, 4) is 5.75 Å². The lowest BCUT2D eigenvalue weighted by atomic mass is 10.1.